The molecule has 0 radical (unpaired) electrons. The van der Waals surface area contributed by atoms with Crippen molar-refractivity contribution in [2.45, 2.75) is 0 Å². The zero-order chi connectivity index (χ0) is 11.7. The van der Waals surface area contributed by atoms with Gasteiger partial charge < -0.3 is 4.74 Å². The fourth-order valence-corrected chi connectivity index (χ4v) is 1.97. The van der Waals surface area contributed by atoms with Crippen molar-refractivity contribution < 1.29 is 4.74 Å². The van der Waals surface area contributed by atoms with Gasteiger partial charge in [-0.15, -0.1) is 0 Å². The lowest BCUT2D eigenvalue weighted by Gasteiger charge is -2.05. The van der Waals surface area contributed by atoms with E-state index in [0.29, 0.717) is 21.7 Å². The molecule has 0 atom stereocenters. The highest BCUT2D eigenvalue weighted by Gasteiger charge is 2.12. The van der Waals surface area contributed by atoms with E-state index in [2.05, 4.69) is 4.98 Å². The molecular formula is C11H6Cl2N2O. The molecule has 3 nitrogen and oxygen atoms in total. The predicted molar refractivity (Wildman–Crippen MR) is 63.0 cm³/mol. The lowest BCUT2D eigenvalue weighted by atomic mass is 10.1. The minimum absolute atomic E-state index is 0.105. The monoisotopic (exact) mass is 252 g/mol. The van der Waals surface area contributed by atoms with E-state index >= 15 is 0 Å². The minimum Gasteiger partial charge on any atom is -0.497 e. The molecule has 2 rings (SSSR count). The molecule has 0 bridgehead atoms. The summed E-state index contributed by atoms with van der Waals surface area (Å²) in [4.78, 5) is 4.09. The Hall–Kier alpha value is -1.50. The van der Waals surface area contributed by atoms with Gasteiger partial charge in [0.2, 0.25) is 0 Å². The van der Waals surface area contributed by atoms with Gasteiger partial charge in [-0.3, -0.25) is 0 Å². The Bertz CT molecular complexity index is 605. The van der Waals surface area contributed by atoms with Crippen LogP contribution in [-0.2, 0) is 0 Å². The van der Waals surface area contributed by atoms with E-state index in [1.54, 1.807) is 25.3 Å². The molecule has 0 aliphatic heterocycles. The number of rotatable bonds is 1. The first-order chi connectivity index (χ1) is 7.67. The van der Waals surface area contributed by atoms with Crippen molar-refractivity contribution in [2.75, 3.05) is 7.11 Å². The topological polar surface area (TPSA) is 45.9 Å². The van der Waals surface area contributed by atoms with E-state index in [9.17, 15) is 0 Å². The van der Waals surface area contributed by atoms with E-state index in [1.165, 1.54) is 0 Å². The Morgan fingerprint density at radius 2 is 2.12 bits per heavy atom. The summed E-state index contributed by atoms with van der Waals surface area (Å²) in [5.74, 6) is 0.664. The molecular weight excluding hydrogens is 247 g/mol. The quantitative estimate of drug-likeness (QED) is 0.731. The molecule has 0 unspecified atom stereocenters. The summed E-state index contributed by atoms with van der Waals surface area (Å²) in [7, 11) is 1.56. The first-order valence-corrected chi connectivity index (χ1v) is 5.16. The summed E-state index contributed by atoms with van der Waals surface area (Å²) in [6.07, 6.45) is 0. The van der Waals surface area contributed by atoms with E-state index in [4.69, 9.17) is 33.2 Å². The number of hydrogen-bond acceptors (Lipinski definition) is 3. The molecule has 1 heterocycles. The van der Waals surface area contributed by atoms with Crippen molar-refractivity contribution in [1.82, 2.24) is 4.98 Å². The molecule has 16 heavy (non-hydrogen) atoms. The number of pyridine rings is 1. The molecule has 2 aromatic rings. The Morgan fingerprint density at radius 3 is 2.75 bits per heavy atom. The van der Waals surface area contributed by atoms with Crippen LogP contribution in [0.3, 0.4) is 0 Å². The first kappa shape index (κ1) is 11.0. The predicted octanol–water partition coefficient (Wildman–Crippen LogP) is 3.42. The van der Waals surface area contributed by atoms with Crippen LogP contribution in [0.2, 0.25) is 10.2 Å². The van der Waals surface area contributed by atoms with Gasteiger partial charge in [0.15, 0.2) is 0 Å². The summed E-state index contributed by atoms with van der Waals surface area (Å²) in [5, 5.41) is 9.98. The van der Waals surface area contributed by atoms with Crippen molar-refractivity contribution >= 4 is 34.1 Å². The minimum atomic E-state index is 0.105. The molecule has 0 aliphatic carbocycles. The second-order valence-corrected chi connectivity index (χ2v) is 3.82. The lowest BCUT2D eigenvalue weighted by molar-refractivity contribution is 0.415. The number of benzene rings is 1. The highest BCUT2D eigenvalue weighted by Crippen LogP contribution is 2.31. The van der Waals surface area contributed by atoms with Crippen LogP contribution in [0.15, 0.2) is 18.2 Å². The SMILES string of the molecule is COc1ccc2c(Cl)c(C#N)c(Cl)nc2c1. The second kappa shape index (κ2) is 4.17. The van der Waals surface area contributed by atoms with Crippen molar-refractivity contribution in [2.24, 2.45) is 0 Å². The average Bonchev–Trinajstić information content (AvgIpc) is 2.28. The van der Waals surface area contributed by atoms with Crippen molar-refractivity contribution in [3.05, 3.63) is 33.9 Å². The average molecular weight is 253 g/mol. The van der Waals surface area contributed by atoms with Crippen LogP contribution in [0.25, 0.3) is 10.9 Å². The van der Waals surface area contributed by atoms with Gasteiger partial charge in [-0.2, -0.15) is 5.26 Å². The van der Waals surface area contributed by atoms with E-state index < -0.39 is 0 Å². The third kappa shape index (κ3) is 1.67. The van der Waals surface area contributed by atoms with Gasteiger partial charge in [0.1, 0.15) is 22.5 Å². The molecule has 0 amide bonds. The lowest BCUT2D eigenvalue weighted by Crippen LogP contribution is -1.89. The van der Waals surface area contributed by atoms with Gasteiger partial charge in [0, 0.05) is 11.5 Å². The van der Waals surface area contributed by atoms with Gasteiger partial charge in [0.05, 0.1) is 17.6 Å². The van der Waals surface area contributed by atoms with Gasteiger partial charge in [-0.05, 0) is 12.1 Å². The smallest absolute Gasteiger partial charge is 0.149 e. The number of ether oxygens (including phenoxy) is 1. The Morgan fingerprint density at radius 1 is 1.38 bits per heavy atom. The number of nitriles is 1. The zero-order valence-electron chi connectivity index (χ0n) is 8.29. The maximum Gasteiger partial charge on any atom is 0.149 e. The molecule has 0 saturated heterocycles. The van der Waals surface area contributed by atoms with Crippen LogP contribution < -0.4 is 4.74 Å². The molecule has 80 valence electrons. The normalized spacial score (nSPS) is 10.1. The standard InChI is InChI=1S/C11H6Cl2N2O/c1-16-6-2-3-7-9(4-6)15-11(13)8(5-14)10(7)12/h2-4H,1H3. The van der Waals surface area contributed by atoms with Gasteiger partial charge >= 0.3 is 0 Å². The van der Waals surface area contributed by atoms with Crippen LogP contribution in [0.5, 0.6) is 5.75 Å². The molecule has 0 spiro atoms. The summed E-state index contributed by atoms with van der Waals surface area (Å²) in [5.41, 5.74) is 0.800. The molecule has 1 aromatic heterocycles. The van der Waals surface area contributed by atoms with Gasteiger partial charge in [-0.1, -0.05) is 23.2 Å². The summed E-state index contributed by atoms with van der Waals surface area (Å²) < 4.78 is 5.07. The number of methoxy groups -OCH3 is 1. The highest BCUT2D eigenvalue weighted by atomic mass is 35.5. The van der Waals surface area contributed by atoms with Crippen molar-refractivity contribution in [1.29, 1.82) is 5.26 Å². The maximum absolute atomic E-state index is 8.88. The Kier molecular flexibility index (Phi) is 2.86. The second-order valence-electron chi connectivity index (χ2n) is 3.09. The third-order valence-electron chi connectivity index (χ3n) is 2.20. The maximum atomic E-state index is 8.88. The summed E-state index contributed by atoms with van der Waals surface area (Å²) >= 11 is 11.9. The van der Waals surface area contributed by atoms with Crippen LogP contribution in [0, 0.1) is 11.3 Å². The molecule has 5 heteroatoms. The van der Waals surface area contributed by atoms with Crippen LogP contribution in [0.4, 0.5) is 0 Å². The van der Waals surface area contributed by atoms with Gasteiger partial charge in [-0.25, -0.2) is 4.98 Å². The summed E-state index contributed by atoms with van der Waals surface area (Å²) in [6, 6.07) is 7.15. The number of halogens is 2. The van der Waals surface area contributed by atoms with Crippen LogP contribution in [0.1, 0.15) is 5.56 Å². The van der Waals surface area contributed by atoms with E-state index in [-0.39, 0.29) is 10.7 Å². The van der Waals surface area contributed by atoms with E-state index in [1.807, 2.05) is 6.07 Å². The molecule has 0 N–H and O–H groups in total. The Labute approximate surface area is 102 Å². The zero-order valence-corrected chi connectivity index (χ0v) is 9.80. The van der Waals surface area contributed by atoms with Gasteiger partial charge in [0.25, 0.3) is 0 Å². The number of aromatic nitrogens is 1. The Balaban J connectivity index is 2.83. The third-order valence-corrected chi connectivity index (χ3v) is 2.86. The van der Waals surface area contributed by atoms with Crippen molar-refractivity contribution in [3.63, 3.8) is 0 Å². The van der Waals surface area contributed by atoms with Crippen molar-refractivity contribution in [3.8, 4) is 11.8 Å². The fourth-order valence-electron chi connectivity index (χ4n) is 1.40. The number of nitrogens with zero attached hydrogens (tertiary/aromatic N) is 2. The van der Waals surface area contributed by atoms with E-state index in [0.717, 1.165) is 0 Å². The largest absolute Gasteiger partial charge is 0.497 e. The molecule has 0 saturated carbocycles. The van der Waals surface area contributed by atoms with Crippen LogP contribution >= 0.6 is 23.2 Å². The highest BCUT2D eigenvalue weighted by molar-refractivity contribution is 6.39. The molecule has 1 aromatic carbocycles. The molecule has 0 fully saturated rings. The first-order valence-electron chi connectivity index (χ1n) is 4.40. The number of hydrogen-bond donors (Lipinski definition) is 0. The fraction of sp³-hybridized carbons (Fsp3) is 0.0909. The number of fused-ring (bicyclic) bond motifs is 1. The van der Waals surface area contributed by atoms with Crippen LogP contribution in [-0.4, -0.2) is 12.1 Å². The molecule has 0 aliphatic rings. The summed E-state index contributed by atoms with van der Waals surface area (Å²) in [6.45, 7) is 0.